The number of anilines is 2. The molecule has 0 atom stereocenters. The Morgan fingerprint density at radius 3 is 2.82 bits per heavy atom. The molecule has 0 saturated carbocycles. The highest BCUT2D eigenvalue weighted by molar-refractivity contribution is 6.29. The fourth-order valence-corrected chi connectivity index (χ4v) is 1.64. The molecule has 2 aromatic rings. The van der Waals surface area contributed by atoms with Gasteiger partial charge in [0.25, 0.3) is 0 Å². The molecule has 6 nitrogen and oxygen atoms in total. The van der Waals surface area contributed by atoms with Crippen LogP contribution in [0.15, 0.2) is 18.5 Å². The van der Waals surface area contributed by atoms with Crippen molar-refractivity contribution in [3.8, 4) is 0 Å². The van der Waals surface area contributed by atoms with Crippen LogP contribution in [0.3, 0.4) is 0 Å². The summed E-state index contributed by atoms with van der Waals surface area (Å²) in [5.74, 6) is 1.77. The van der Waals surface area contributed by atoms with Crippen LogP contribution in [-0.4, -0.2) is 26.6 Å². The van der Waals surface area contributed by atoms with Crippen molar-refractivity contribution in [1.29, 1.82) is 0 Å². The SMILES string of the molecule is CN(Cc1nccn1C)c1cc(Cl)nc(N)n1. The number of rotatable bonds is 3. The van der Waals surface area contributed by atoms with Gasteiger partial charge in [-0.15, -0.1) is 0 Å². The highest BCUT2D eigenvalue weighted by Crippen LogP contribution is 2.17. The first-order valence-corrected chi connectivity index (χ1v) is 5.41. The topological polar surface area (TPSA) is 72.9 Å². The van der Waals surface area contributed by atoms with Gasteiger partial charge in [0.15, 0.2) is 0 Å². The van der Waals surface area contributed by atoms with Crippen LogP contribution in [-0.2, 0) is 13.6 Å². The molecule has 90 valence electrons. The Morgan fingerprint density at radius 1 is 1.47 bits per heavy atom. The van der Waals surface area contributed by atoms with Gasteiger partial charge in [-0.05, 0) is 0 Å². The largest absolute Gasteiger partial charge is 0.368 e. The maximum atomic E-state index is 5.83. The summed E-state index contributed by atoms with van der Waals surface area (Å²) in [6.45, 7) is 0.621. The summed E-state index contributed by atoms with van der Waals surface area (Å²) in [6, 6.07) is 1.67. The summed E-state index contributed by atoms with van der Waals surface area (Å²) in [5, 5.41) is 0.333. The zero-order valence-electron chi connectivity index (χ0n) is 9.63. The molecule has 0 bridgehead atoms. The fourth-order valence-electron chi connectivity index (χ4n) is 1.46. The van der Waals surface area contributed by atoms with Crippen molar-refractivity contribution < 1.29 is 0 Å². The summed E-state index contributed by atoms with van der Waals surface area (Å²) >= 11 is 5.83. The second kappa shape index (κ2) is 4.58. The molecule has 0 aromatic carbocycles. The third-order valence-electron chi connectivity index (χ3n) is 2.39. The number of nitrogens with two attached hydrogens (primary N) is 1. The molecule has 0 fully saturated rings. The van der Waals surface area contributed by atoms with Gasteiger partial charge < -0.3 is 15.2 Å². The molecule has 0 amide bonds. The van der Waals surface area contributed by atoms with Crippen molar-refractivity contribution in [3.63, 3.8) is 0 Å². The molecule has 7 heteroatoms. The monoisotopic (exact) mass is 252 g/mol. The van der Waals surface area contributed by atoms with Crippen LogP contribution >= 0.6 is 11.6 Å². The van der Waals surface area contributed by atoms with Crippen LogP contribution in [0.25, 0.3) is 0 Å². The highest BCUT2D eigenvalue weighted by atomic mass is 35.5. The predicted octanol–water partition coefficient (Wildman–Crippen LogP) is 1.08. The second-order valence-corrected chi connectivity index (χ2v) is 4.10. The van der Waals surface area contributed by atoms with Gasteiger partial charge >= 0.3 is 0 Å². The summed E-state index contributed by atoms with van der Waals surface area (Å²) in [5.41, 5.74) is 5.55. The highest BCUT2D eigenvalue weighted by Gasteiger charge is 2.09. The first-order chi connectivity index (χ1) is 8.06. The summed E-state index contributed by atoms with van der Waals surface area (Å²) in [7, 11) is 3.84. The number of nitrogens with zero attached hydrogens (tertiary/aromatic N) is 5. The fraction of sp³-hybridized carbons (Fsp3) is 0.300. The van der Waals surface area contributed by atoms with Crippen molar-refractivity contribution >= 4 is 23.4 Å². The number of hydrogen-bond acceptors (Lipinski definition) is 5. The van der Waals surface area contributed by atoms with E-state index in [1.165, 1.54) is 0 Å². The Morgan fingerprint density at radius 2 is 2.24 bits per heavy atom. The maximum Gasteiger partial charge on any atom is 0.223 e. The van der Waals surface area contributed by atoms with Gasteiger partial charge in [-0.1, -0.05) is 11.6 Å². The first kappa shape index (κ1) is 11.7. The molecule has 0 spiro atoms. The van der Waals surface area contributed by atoms with Crippen molar-refractivity contribution in [2.45, 2.75) is 6.54 Å². The number of aryl methyl sites for hydroxylation is 1. The van der Waals surface area contributed by atoms with Crippen LogP contribution in [0, 0.1) is 0 Å². The van der Waals surface area contributed by atoms with Gasteiger partial charge in [-0.2, -0.15) is 4.98 Å². The standard InChI is InChI=1S/C10H13ClN6/c1-16-4-3-13-9(16)6-17(2)8-5-7(11)14-10(12)15-8/h3-5H,6H2,1-2H3,(H2,12,14,15). The quantitative estimate of drug-likeness (QED) is 0.828. The zero-order chi connectivity index (χ0) is 12.4. The first-order valence-electron chi connectivity index (χ1n) is 5.03. The van der Waals surface area contributed by atoms with E-state index in [-0.39, 0.29) is 5.95 Å². The number of imidazole rings is 1. The molecular weight excluding hydrogens is 240 g/mol. The normalized spacial score (nSPS) is 10.5. The second-order valence-electron chi connectivity index (χ2n) is 3.72. The lowest BCUT2D eigenvalue weighted by atomic mass is 10.4. The zero-order valence-corrected chi connectivity index (χ0v) is 10.4. The maximum absolute atomic E-state index is 5.83. The Labute approximate surface area is 104 Å². The van der Waals surface area contributed by atoms with E-state index in [0.29, 0.717) is 17.5 Å². The molecule has 0 radical (unpaired) electrons. The molecule has 0 aliphatic heterocycles. The number of nitrogen functional groups attached to an aromatic ring is 1. The minimum absolute atomic E-state index is 0.166. The van der Waals surface area contributed by atoms with E-state index in [1.54, 1.807) is 12.3 Å². The van der Waals surface area contributed by atoms with Crippen LogP contribution in [0.4, 0.5) is 11.8 Å². The molecule has 17 heavy (non-hydrogen) atoms. The third kappa shape index (κ3) is 2.65. The molecule has 2 aromatic heterocycles. The van der Waals surface area contributed by atoms with E-state index >= 15 is 0 Å². The van der Waals surface area contributed by atoms with Crippen LogP contribution in [0.2, 0.25) is 5.15 Å². The average Bonchev–Trinajstić information content (AvgIpc) is 2.63. The van der Waals surface area contributed by atoms with Crippen LogP contribution < -0.4 is 10.6 Å². The smallest absolute Gasteiger partial charge is 0.223 e. The van der Waals surface area contributed by atoms with E-state index in [1.807, 2.05) is 29.8 Å². The Bertz CT molecular complexity index is 503. The molecule has 0 unspecified atom stereocenters. The average molecular weight is 253 g/mol. The predicted molar refractivity (Wildman–Crippen MR) is 66.8 cm³/mol. The Balaban J connectivity index is 2.20. The summed E-state index contributed by atoms with van der Waals surface area (Å²) in [6.07, 6.45) is 3.65. The lowest BCUT2D eigenvalue weighted by Gasteiger charge is -2.17. The molecule has 0 aliphatic carbocycles. The molecule has 2 N–H and O–H groups in total. The Hall–Kier alpha value is -1.82. The molecule has 2 heterocycles. The van der Waals surface area contributed by atoms with E-state index in [4.69, 9.17) is 17.3 Å². The van der Waals surface area contributed by atoms with E-state index in [9.17, 15) is 0 Å². The Kier molecular flexibility index (Phi) is 3.14. The number of aromatic nitrogens is 4. The van der Waals surface area contributed by atoms with Gasteiger partial charge in [0.1, 0.15) is 16.8 Å². The number of hydrogen-bond donors (Lipinski definition) is 1. The minimum atomic E-state index is 0.166. The van der Waals surface area contributed by atoms with Crippen molar-refractivity contribution in [3.05, 3.63) is 29.4 Å². The van der Waals surface area contributed by atoms with Crippen LogP contribution in [0.1, 0.15) is 5.82 Å². The van der Waals surface area contributed by atoms with Gasteiger partial charge in [0, 0.05) is 32.6 Å². The van der Waals surface area contributed by atoms with Crippen LogP contribution in [0.5, 0.6) is 0 Å². The molecule has 2 rings (SSSR count). The van der Waals surface area contributed by atoms with Crippen molar-refractivity contribution in [2.24, 2.45) is 7.05 Å². The lowest BCUT2D eigenvalue weighted by Crippen LogP contribution is -2.20. The van der Waals surface area contributed by atoms with Crippen molar-refractivity contribution in [1.82, 2.24) is 19.5 Å². The third-order valence-corrected chi connectivity index (χ3v) is 2.58. The molecule has 0 aliphatic rings. The molecule has 0 saturated heterocycles. The van der Waals surface area contributed by atoms with E-state index in [0.717, 1.165) is 5.82 Å². The summed E-state index contributed by atoms with van der Waals surface area (Å²) in [4.78, 5) is 14.1. The van der Waals surface area contributed by atoms with Gasteiger partial charge in [-0.25, -0.2) is 9.97 Å². The van der Waals surface area contributed by atoms with E-state index < -0.39 is 0 Å². The number of halogens is 1. The van der Waals surface area contributed by atoms with E-state index in [2.05, 4.69) is 15.0 Å². The molecular formula is C10H13ClN6. The van der Waals surface area contributed by atoms with Gasteiger partial charge in [0.05, 0.1) is 6.54 Å². The summed E-state index contributed by atoms with van der Waals surface area (Å²) < 4.78 is 1.95. The van der Waals surface area contributed by atoms with Crippen molar-refractivity contribution in [2.75, 3.05) is 17.7 Å². The van der Waals surface area contributed by atoms with Gasteiger partial charge in [-0.3, -0.25) is 0 Å². The van der Waals surface area contributed by atoms with Gasteiger partial charge in [0.2, 0.25) is 5.95 Å². The lowest BCUT2D eigenvalue weighted by molar-refractivity contribution is 0.755. The minimum Gasteiger partial charge on any atom is -0.368 e.